The first-order chi connectivity index (χ1) is 12.1. The van der Waals surface area contributed by atoms with E-state index in [1.54, 1.807) is 0 Å². The second-order valence-electron chi connectivity index (χ2n) is 5.79. The Morgan fingerprint density at radius 3 is 2.84 bits per heavy atom. The molecular formula is C16H11F3N6. The molecule has 1 aliphatic heterocycles. The second kappa shape index (κ2) is 5.73. The minimum atomic E-state index is -1.22. The van der Waals surface area contributed by atoms with Crippen molar-refractivity contribution in [2.45, 2.75) is 18.6 Å². The molecule has 4 heterocycles. The molecule has 1 aliphatic rings. The molecule has 2 atom stereocenters. The fourth-order valence-corrected chi connectivity index (χ4v) is 3.11. The minimum Gasteiger partial charge on any atom is -0.344 e. The van der Waals surface area contributed by atoms with Crippen LogP contribution in [-0.4, -0.2) is 32.3 Å². The first kappa shape index (κ1) is 15.4. The highest BCUT2D eigenvalue weighted by molar-refractivity contribution is 5.59. The van der Waals surface area contributed by atoms with Crippen LogP contribution in [0.15, 0.2) is 30.9 Å². The Morgan fingerprint density at radius 2 is 2.08 bits per heavy atom. The van der Waals surface area contributed by atoms with Gasteiger partial charge < -0.3 is 4.90 Å². The molecular weight excluding hydrogens is 333 g/mol. The van der Waals surface area contributed by atoms with Crippen molar-refractivity contribution in [3.63, 3.8) is 0 Å². The van der Waals surface area contributed by atoms with Crippen molar-refractivity contribution in [3.8, 4) is 6.07 Å². The summed E-state index contributed by atoms with van der Waals surface area (Å²) in [5.41, 5.74) is 0.800. The highest BCUT2D eigenvalue weighted by atomic mass is 19.1. The molecule has 0 bridgehead atoms. The van der Waals surface area contributed by atoms with Gasteiger partial charge in [-0.2, -0.15) is 10.4 Å². The van der Waals surface area contributed by atoms with E-state index in [2.05, 4.69) is 15.1 Å². The Balaban J connectivity index is 1.82. The number of nitrogens with zero attached hydrogens (tertiary/aromatic N) is 6. The van der Waals surface area contributed by atoms with E-state index in [0.29, 0.717) is 5.56 Å². The van der Waals surface area contributed by atoms with Crippen LogP contribution >= 0.6 is 0 Å². The van der Waals surface area contributed by atoms with E-state index < -0.39 is 23.8 Å². The van der Waals surface area contributed by atoms with Gasteiger partial charge in [-0.15, -0.1) is 0 Å². The molecule has 0 unspecified atom stereocenters. The van der Waals surface area contributed by atoms with Crippen LogP contribution in [0.1, 0.15) is 23.6 Å². The predicted octanol–water partition coefficient (Wildman–Crippen LogP) is 2.56. The lowest BCUT2D eigenvalue weighted by Crippen LogP contribution is -2.26. The molecule has 4 rings (SSSR count). The number of hydrogen-bond donors (Lipinski definition) is 0. The molecule has 3 aromatic rings. The molecule has 0 saturated carbocycles. The van der Waals surface area contributed by atoms with Gasteiger partial charge in [-0.05, 0) is 11.6 Å². The van der Waals surface area contributed by atoms with Gasteiger partial charge in [-0.3, -0.25) is 4.98 Å². The predicted molar refractivity (Wildman–Crippen MR) is 81.5 cm³/mol. The van der Waals surface area contributed by atoms with Crippen molar-refractivity contribution >= 4 is 11.5 Å². The Kier molecular flexibility index (Phi) is 3.53. The van der Waals surface area contributed by atoms with E-state index in [0.717, 1.165) is 16.9 Å². The second-order valence-corrected chi connectivity index (χ2v) is 5.79. The Bertz CT molecular complexity index is 995. The number of aromatic nitrogens is 4. The lowest BCUT2D eigenvalue weighted by Gasteiger charge is -2.25. The molecule has 3 aromatic heterocycles. The number of fused-ring (bicyclic) bond motifs is 1. The zero-order valence-corrected chi connectivity index (χ0v) is 12.8. The minimum absolute atomic E-state index is 0.0712. The van der Waals surface area contributed by atoms with E-state index in [1.807, 2.05) is 6.07 Å². The molecule has 9 heteroatoms. The van der Waals surface area contributed by atoms with Gasteiger partial charge in [0.15, 0.2) is 17.3 Å². The van der Waals surface area contributed by atoms with Crippen LogP contribution in [0.25, 0.3) is 5.65 Å². The number of pyridine rings is 1. The van der Waals surface area contributed by atoms with Gasteiger partial charge in [0.25, 0.3) is 0 Å². The van der Waals surface area contributed by atoms with E-state index in [-0.39, 0.29) is 30.0 Å². The summed E-state index contributed by atoms with van der Waals surface area (Å²) in [6.45, 7) is -0.0860. The largest absolute Gasteiger partial charge is 0.344 e. The monoisotopic (exact) mass is 344 g/mol. The average Bonchev–Trinajstić information content (AvgIpc) is 3.16. The number of alkyl halides is 1. The zero-order chi connectivity index (χ0) is 17.6. The van der Waals surface area contributed by atoms with Crippen LogP contribution in [0, 0.1) is 23.0 Å². The molecule has 6 nitrogen and oxygen atoms in total. The summed E-state index contributed by atoms with van der Waals surface area (Å²) >= 11 is 0. The van der Waals surface area contributed by atoms with Gasteiger partial charge in [0, 0.05) is 12.6 Å². The fraction of sp³-hybridized carbons (Fsp3) is 0.250. The molecule has 0 spiro atoms. The summed E-state index contributed by atoms with van der Waals surface area (Å²) in [5.74, 6) is -1.35. The molecule has 0 aromatic carbocycles. The molecule has 25 heavy (non-hydrogen) atoms. The summed E-state index contributed by atoms with van der Waals surface area (Å²) in [6, 6.07) is 2.57. The molecule has 0 N–H and O–H groups in total. The van der Waals surface area contributed by atoms with E-state index in [4.69, 9.17) is 5.26 Å². The molecule has 1 fully saturated rings. The highest BCUT2D eigenvalue weighted by Gasteiger charge is 2.36. The fourth-order valence-electron chi connectivity index (χ4n) is 3.11. The summed E-state index contributed by atoms with van der Waals surface area (Å²) in [4.78, 5) is 9.38. The first-order valence-electron chi connectivity index (χ1n) is 7.52. The maximum Gasteiger partial charge on any atom is 0.184 e. The smallest absolute Gasteiger partial charge is 0.184 e. The van der Waals surface area contributed by atoms with Crippen molar-refractivity contribution < 1.29 is 13.2 Å². The number of halogens is 3. The van der Waals surface area contributed by atoms with E-state index in [9.17, 15) is 13.2 Å². The molecule has 126 valence electrons. The van der Waals surface area contributed by atoms with Gasteiger partial charge in [0.2, 0.25) is 0 Å². The Hall–Kier alpha value is -3.15. The topological polar surface area (TPSA) is 70.1 Å². The van der Waals surface area contributed by atoms with Gasteiger partial charge in [0.05, 0.1) is 31.2 Å². The maximum atomic E-state index is 14.5. The van der Waals surface area contributed by atoms with Crippen molar-refractivity contribution in [3.05, 3.63) is 53.6 Å². The molecule has 0 aliphatic carbocycles. The van der Waals surface area contributed by atoms with Crippen LogP contribution in [0.3, 0.4) is 0 Å². The maximum absolute atomic E-state index is 14.5. The molecule has 0 amide bonds. The molecule has 0 radical (unpaired) electrons. The lowest BCUT2D eigenvalue weighted by atomic mass is 10.1. The van der Waals surface area contributed by atoms with Crippen LogP contribution in [-0.2, 0) is 0 Å². The third kappa shape index (κ3) is 2.55. The quantitative estimate of drug-likeness (QED) is 0.715. The standard InChI is InChI=1S/C16H11F3N6/c17-11-1-9(4-21-6-11)14-2-12(18)7-24(14)16-13(19)8-25-15(23-16)10(3-20)5-22-25/h1,4-6,8,12,14H,2,7H2/t12-,14+/m0/s1. The third-order valence-electron chi connectivity index (χ3n) is 4.18. The van der Waals surface area contributed by atoms with Crippen LogP contribution in [0.5, 0.6) is 0 Å². The van der Waals surface area contributed by atoms with Gasteiger partial charge >= 0.3 is 0 Å². The van der Waals surface area contributed by atoms with E-state index in [1.165, 1.54) is 23.4 Å². The zero-order valence-electron chi connectivity index (χ0n) is 12.8. The number of rotatable bonds is 2. The summed E-state index contributed by atoms with van der Waals surface area (Å²) in [5, 5.41) is 13.0. The summed E-state index contributed by atoms with van der Waals surface area (Å²) in [7, 11) is 0. The number of anilines is 1. The van der Waals surface area contributed by atoms with Crippen molar-refractivity contribution in [2.24, 2.45) is 0 Å². The van der Waals surface area contributed by atoms with Crippen LogP contribution < -0.4 is 4.90 Å². The van der Waals surface area contributed by atoms with Gasteiger partial charge in [-0.25, -0.2) is 22.7 Å². The average molecular weight is 344 g/mol. The van der Waals surface area contributed by atoms with E-state index >= 15 is 0 Å². The van der Waals surface area contributed by atoms with Crippen molar-refractivity contribution in [1.29, 1.82) is 5.26 Å². The summed E-state index contributed by atoms with van der Waals surface area (Å²) < 4.78 is 43.2. The Labute approximate surface area is 140 Å². The van der Waals surface area contributed by atoms with Crippen LogP contribution in [0.4, 0.5) is 19.0 Å². The summed E-state index contributed by atoms with van der Waals surface area (Å²) in [6.07, 6.45) is 3.70. The SMILES string of the molecule is N#Cc1cnn2cc(F)c(N3C[C@@H](F)C[C@@H]3c3cncc(F)c3)nc12. The van der Waals surface area contributed by atoms with Gasteiger partial charge in [0.1, 0.15) is 23.6 Å². The first-order valence-corrected chi connectivity index (χ1v) is 7.52. The highest BCUT2D eigenvalue weighted by Crippen LogP contribution is 2.37. The number of nitriles is 1. The molecule has 1 saturated heterocycles. The number of hydrogen-bond acceptors (Lipinski definition) is 5. The third-order valence-corrected chi connectivity index (χ3v) is 4.18. The van der Waals surface area contributed by atoms with Gasteiger partial charge in [-0.1, -0.05) is 0 Å². The normalized spacial score (nSPS) is 20.2. The van der Waals surface area contributed by atoms with Crippen molar-refractivity contribution in [1.82, 2.24) is 19.6 Å². The Morgan fingerprint density at radius 1 is 1.24 bits per heavy atom. The van der Waals surface area contributed by atoms with Crippen LogP contribution in [0.2, 0.25) is 0 Å². The lowest BCUT2D eigenvalue weighted by molar-refractivity contribution is 0.356. The van der Waals surface area contributed by atoms with Crippen molar-refractivity contribution in [2.75, 3.05) is 11.4 Å².